The van der Waals surface area contributed by atoms with Gasteiger partial charge in [0.2, 0.25) is 10.0 Å². The summed E-state index contributed by atoms with van der Waals surface area (Å²) in [4.78, 5) is 11.5. The molecule has 0 atom stereocenters. The molecule has 6 nitrogen and oxygen atoms in total. The monoisotopic (exact) mass is 292 g/mol. The first kappa shape index (κ1) is 15.1. The number of methoxy groups -OCH3 is 1. The van der Waals surface area contributed by atoms with Crippen molar-refractivity contribution in [2.24, 2.45) is 5.73 Å². The fraction of sp³-hybridized carbons (Fsp3) is 0.500. The molecule has 8 heteroatoms. The SMILES string of the molecule is COC(=O)c1cc(S(=O)(=O)NC(C)(C)CN)cs1. The van der Waals surface area contributed by atoms with Gasteiger partial charge < -0.3 is 10.5 Å². The second-order valence-corrected chi connectivity index (χ2v) is 6.93. The number of esters is 1. The van der Waals surface area contributed by atoms with Crippen molar-refractivity contribution >= 4 is 27.3 Å². The van der Waals surface area contributed by atoms with Gasteiger partial charge in [0.1, 0.15) is 4.88 Å². The fourth-order valence-electron chi connectivity index (χ4n) is 1.13. The second-order valence-electron chi connectivity index (χ2n) is 4.33. The lowest BCUT2D eigenvalue weighted by molar-refractivity contribution is 0.0606. The molecule has 0 aliphatic rings. The highest BCUT2D eigenvalue weighted by atomic mass is 32.2. The normalized spacial score (nSPS) is 12.4. The van der Waals surface area contributed by atoms with Gasteiger partial charge in [-0.1, -0.05) is 0 Å². The Morgan fingerprint density at radius 2 is 2.17 bits per heavy atom. The van der Waals surface area contributed by atoms with Crippen LogP contribution in [0.15, 0.2) is 16.3 Å². The van der Waals surface area contributed by atoms with Gasteiger partial charge in [0.25, 0.3) is 0 Å². The first-order chi connectivity index (χ1) is 8.22. The predicted molar refractivity (Wildman–Crippen MR) is 69.1 cm³/mol. The number of rotatable bonds is 5. The van der Waals surface area contributed by atoms with Crippen molar-refractivity contribution in [2.45, 2.75) is 24.3 Å². The number of thiophene rings is 1. The lowest BCUT2D eigenvalue weighted by Crippen LogP contribution is -2.48. The number of hydrogen-bond donors (Lipinski definition) is 2. The molecule has 1 aromatic heterocycles. The topological polar surface area (TPSA) is 98.5 Å². The fourth-order valence-corrected chi connectivity index (χ4v) is 3.74. The third-order valence-electron chi connectivity index (χ3n) is 2.19. The molecule has 1 aromatic rings. The second kappa shape index (κ2) is 5.35. The van der Waals surface area contributed by atoms with Gasteiger partial charge in [0, 0.05) is 17.5 Å². The maximum atomic E-state index is 12.0. The summed E-state index contributed by atoms with van der Waals surface area (Å²) >= 11 is 1.02. The average molecular weight is 292 g/mol. The molecule has 0 aliphatic heterocycles. The Hall–Kier alpha value is -0.960. The minimum absolute atomic E-state index is 0.0365. The number of nitrogens with one attached hydrogen (secondary N) is 1. The van der Waals surface area contributed by atoms with Gasteiger partial charge in [0.15, 0.2) is 0 Å². The van der Waals surface area contributed by atoms with Crippen molar-refractivity contribution in [3.05, 3.63) is 16.3 Å². The number of nitrogens with two attached hydrogens (primary N) is 1. The lowest BCUT2D eigenvalue weighted by Gasteiger charge is -2.23. The highest BCUT2D eigenvalue weighted by Gasteiger charge is 2.26. The van der Waals surface area contributed by atoms with Gasteiger partial charge in [0.05, 0.1) is 12.0 Å². The molecule has 3 N–H and O–H groups in total. The van der Waals surface area contributed by atoms with Gasteiger partial charge in [-0.25, -0.2) is 17.9 Å². The molecule has 0 aliphatic carbocycles. The summed E-state index contributed by atoms with van der Waals surface area (Å²) in [5.74, 6) is -0.556. The molecular weight excluding hydrogens is 276 g/mol. The number of ether oxygens (including phenoxy) is 1. The zero-order valence-corrected chi connectivity index (χ0v) is 12.0. The number of carbonyl (C=O) groups excluding carboxylic acids is 1. The van der Waals surface area contributed by atoms with Crippen LogP contribution in [0.1, 0.15) is 23.5 Å². The minimum atomic E-state index is -3.68. The summed E-state index contributed by atoms with van der Waals surface area (Å²) in [6, 6.07) is 1.28. The summed E-state index contributed by atoms with van der Waals surface area (Å²) in [6.07, 6.45) is 0. The Kier molecular flexibility index (Phi) is 4.49. The molecule has 0 fully saturated rings. The standard InChI is InChI=1S/C10H16N2O4S2/c1-10(2,6-11)12-18(14,15)7-4-8(17-5-7)9(13)16-3/h4-5,12H,6,11H2,1-3H3. The van der Waals surface area contributed by atoms with Gasteiger partial charge in [-0.05, 0) is 19.9 Å². The van der Waals surface area contributed by atoms with Crippen LogP contribution in [0.25, 0.3) is 0 Å². The quantitative estimate of drug-likeness (QED) is 0.772. The van der Waals surface area contributed by atoms with E-state index in [1.54, 1.807) is 13.8 Å². The van der Waals surface area contributed by atoms with Crippen LogP contribution in [0.2, 0.25) is 0 Å². The van der Waals surface area contributed by atoms with Crippen LogP contribution in [0.4, 0.5) is 0 Å². The molecule has 0 amide bonds. The first-order valence-corrected chi connectivity index (χ1v) is 7.49. The average Bonchev–Trinajstić information content (AvgIpc) is 2.76. The van der Waals surface area contributed by atoms with Gasteiger partial charge in [-0.2, -0.15) is 0 Å². The van der Waals surface area contributed by atoms with Gasteiger partial charge in [-0.15, -0.1) is 11.3 Å². The van der Waals surface area contributed by atoms with Crippen LogP contribution >= 0.6 is 11.3 Å². The van der Waals surface area contributed by atoms with Gasteiger partial charge in [-0.3, -0.25) is 0 Å². The minimum Gasteiger partial charge on any atom is -0.465 e. The van der Waals surface area contributed by atoms with Crippen molar-refractivity contribution in [1.29, 1.82) is 0 Å². The van der Waals surface area contributed by atoms with E-state index in [9.17, 15) is 13.2 Å². The zero-order valence-electron chi connectivity index (χ0n) is 10.4. The maximum Gasteiger partial charge on any atom is 0.348 e. The molecule has 0 bridgehead atoms. The van der Waals surface area contributed by atoms with Crippen LogP contribution in [0.3, 0.4) is 0 Å². The van der Waals surface area contributed by atoms with E-state index in [-0.39, 0.29) is 16.3 Å². The summed E-state index contributed by atoms with van der Waals surface area (Å²) in [6.45, 7) is 3.52. The van der Waals surface area contributed by atoms with E-state index in [1.165, 1.54) is 18.6 Å². The number of hydrogen-bond acceptors (Lipinski definition) is 6. The molecule has 1 rings (SSSR count). The third-order valence-corrected chi connectivity index (χ3v) is 4.93. The highest BCUT2D eigenvalue weighted by molar-refractivity contribution is 7.89. The maximum absolute atomic E-state index is 12.0. The van der Waals surface area contributed by atoms with Crippen LogP contribution in [-0.2, 0) is 14.8 Å². The molecule has 0 radical (unpaired) electrons. The van der Waals surface area contributed by atoms with E-state index < -0.39 is 21.5 Å². The molecule has 0 saturated carbocycles. The largest absolute Gasteiger partial charge is 0.465 e. The van der Waals surface area contributed by atoms with E-state index in [4.69, 9.17) is 5.73 Å². The van der Waals surface area contributed by atoms with Crippen molar-refractivity contribution < 1.29 is 17.9 Å². The molecule has 0 unspecified atom stereocenters. The van der Waals surface area contributed by atoms with E-state index in [1.807, 2.05) is 0 Å². The summed E-state index contributed by atoms with van der Waals surface area (Å²) < 4.78 is 31.0. The Bertz CT molecular complexity index is 534. The summed E-state index contributed by atoms with van der Waals surface area (Å²) in [7, 11) is -2.44. The smallest absolute Gasteiger partial charge is 0.348 e. The summed E-state index contributed by atoms with van der Waals surface area (Å²) in [5, 5.41) is 1.39. The Morgan fingerprint density at radius 1 is 1.56 bits per heavy atom. The molecule has 0 aromatic carbocycles. The molecular formula is C10H16N2O4S2. The zero-order chi connectivity index (χ0) is 14.0. The third kappa shape index (κ3) is 3.52. The molecule has 1 heterocycles. The van der Waals surface area contributed by atoms with Gasteiger partial charge >= 0.3 is 5.97 Å². The van der Waals surface area contributed by atoms with Crippen LogP contribution in [0.5, 0.6) is 0 Å². The van der Waals surface area contributed by atoms with Crippen molar-refractivity contribution in [2.75, 3.05) is 13.7 Å². The summed E-state index contributed by atoms with van der Waals surface area (Å²) in [5.41, 5.74) is 4.72. The Balaban J connectivity index is 3.00. The lowest BCUT2D eigenvalue weighted by atomic mass is 10.1. The Labute approximate surface area is 110 Å². The first-order valence-electron chi connectivity index (χ1n) is 5.13. The Morgan fingerprint density at radius 3 is 2.67 bits per heavy atom. The van der Waals surface area contributed by atoms with Crippen molar-refractivity contribution in [3.63, 3.8) is 0 Å². The number of sulfonamides is 1. The van der Waals surface area contributed by atoms with E-state index in [0.717, 1.165) is 11.3 Å². The van der Waals surface area contributed by atoms with Crippen molar-refractivity contribution in [1.82, 2.24) is 4.72 Å². The van der Waals surface area contributed by atoms with Crippen molar-refractivity contribution in [3.8, 4) is 0 Å². The molecule has 0 saturated heterocycles. The molecule has 102 valence electrons. The van der Waals surface area contributed by atoms with Crippen LogP contribution in [-0.4, -0.2) is 33.6 Å². The van der Waals surface area contributed by atoms with E-state index >= 15 is 0 Å². The van der Waals surface area contributed by atoms with Crippen LogP contribution in [0, 0.1) is 0 Å². The van der Waals surface area contributed by atoms with E-state index in [0.29, 0.717) is 0 Å². The molecule has 0 spiro atoms. The number of carbonyl (C=O) groups is 1. The van der Waals surface area contributed by atoms with E-state index in [2.05, 4.69) is 9.46 Å². The molecule has 18 heavy (non-hydrogen) atoms. The highest BCUT2D eigenvalue weighted by Crippen LogP contribution is 2.21. The van der Waals surface area contributed by atoms with Crippen LogP contribution < -0.4 is 10.5 Å². The predicted octanol–water partition coefficient (Wildman–Crippen LogP) is 0.550.